The summed E-state index contributed by atoms with van der Waals surface area (Å²) in [5, 5.41) is 6.94. The van der Waals surface area contributed by atoms with E-state index in [1.165, 1.54) is 84.2 Å². The smallest absolute Gasteiger partial charge is 0.191 e. The van der Waals surface area contributed by atoms with Gasteiger partial charge < -0.3 is 20.4 Å². The van der Waals surface area contributed by atoms with Crippen LogP contribution in [0, 0.1) is 5.92 Å². The van der Waals surface area contributed by atoms with Crippen molar-refractivity contribution in [1.29, 1.82) is 0 Å². The average molecular weight is 352 g/mol. The Labute approximate surface area is 155 Å². The third-order valence-electron chi connectivity index (χ3n) is 5.40. The average Bonchev–Trinajstić information content (AvgIpc) is 2.90. The fraction of sp³-hybridized carbons (Fsp3) is 0.950. The molecule has 0 radical (unpaired) electrons. The van der Waals surface area contributed by atoms with E-state index in [9.17, 15) is 0 Å². The molecule has 2 heterocycles. The van der Waals surface area contributed by atoms with Crippen LogP contribution >= 0.6 is 0 Å². The molecule has 2 rings (SSSR count). The maximum absolute atomic E-state index is 4.84. The van der Waals surface area contributed by atoms with E-state index in [-0.39, 0.29) is 0 Å². The van der Waals surface area contributed by atoms with Gasteiger partial charge in [-0.05, 0) is 77.7 Å². The molecule has 2 fully saturated rings. The van der Waals surface area contributed by atoms with Crippen LogP contribution in [0.15, 0.2) is 4.99 Å². The molecule has 0 spiro atoms. The van der Waals surface area contributed by atoms with Crippen LogP contribution in [0.3, 0.4) is 0 Å². The van der Waals surface area contributed by atoms with E-state index in [1.54, 1.807) is 0 Å². The summed E-state index contributed by atoms with van der Waals surface area (Å²) in [7, 11) is 0. The summed E-state index contributed by atoms with van der Waals surface area (Å²) in [5.41, 5.74) is 0. The molecule has 2 N–H and O–H groups in total. The van der Waals surface area contributed by atoms with Gasteiger partial charge in [0.2, 0.25) is 0 Å². The normalized spacial score (nSPS) is 23.6. The Balaban J connectivity index is 1.63. The van der Waals surface area contributed by atoms with Gasteiger partial charge >= 0.3 is 0 Å². The summed E-state index contributed by atoms with van der Waals surface area (Å²) in [6.07, 6.45) is 9.38. The van der Waals surface area contributed by atoms with Crippen LogP contribution in [-0.2, 0) is 0 Å². The molecule has 2 saturated heterocycles. The van der Waals surface area contributed by atoms with E-state index < -0.39 is 0 Å². The molecule has 1 unspecified atom stereocenters. The zero-order chi connectivity index (χ0) is 17.7. The first-order chi connectivity index (χ1) is 12.3. The van der Waals surface area contributed by atoms with Crippen molar-refractivity contribution in [2.24, 2.45) is 10.9 Å². The van der Waals surface area contributed by atoms with Crippen molar-refractivity contribution in [3.8, 4) is 0 Å². The van der Waals surface area contributed by atoms with E-state index in [4.69, 9.17) is 4.99 Å². The van der Waals surface area contributed by atoms with Crippen molar-refractivity contribution in [1.82, 2.24) is 20.4 Å². The quantitative estimate of drug-likeness (QED) is 0.381. The molecule has 2 aliphatic rings. The molecule has 0 aromatic rings. The molecule has 5 heteroatoms. The molecular weight excluding hydrogens is 310 g/mol. The SMILES string of the molecule is CCCN1CCC(CN=C(NCC)NCCCN2CCCCCC2)C1. The summed E-state index contributed by atoms with van der Waals surface area (Å²) in [4.78, 5) is 10.1. The van der Waals surface area contributed by atoms with Crippen molar-refractivity contribution in [3.63, 3.8) is 0 Å². The van der Waals surface area contributed by atoms with Gasteiger partial charge in [0.05, 0.1) is 0 Å². The fourth-order valence-electron chi connectivity index (χ4n) is 4.01. The standard InChI is InChI=1S/C20H41N5/c1-3-12-25-16-10-19(18-25)17-23-20(21-4-2)22-11-9-15-24-13-7-5-6-8-14-24/h19H,3-18H2,1-2H3,(H2,21,22,23). The minimum absolute atomic E-state index is 0.735. The largest absolute Gasteiger partial charge is 0.357 e. The maximum Gasteiger partial charge on any atom is 0.191 e. The highest BCUT2D eigenvalue weighted by atomic mass is 15.2. The topological polar surface area (TPSA) is 42.9 Å². The van der Waals surface area contributed by atoms with Gasteiger partial charge in [0.1, 0.15) is 0 Å². The Morgan fingerprint density at radius 2 is 1.76 bits per heavy atom. The van der Waals surface area contributed by atoms with Crippen LogP contribution in [0.1, 0.15) is 58.8 Å². The van der Waals surface area contributed by atoms with Crippen LogP contribution in [0.4, 0.5) is 0 Å². The van der Waals surface area contributed by atoms with E-state index >= 15 is 0 Å². The summed E-state index contributed by atoms with van der Waals surface area (Å²) in [6.45, 7) is 14.9. The second-order valence-electron chi connectivity index (χ2n) is 7.71. The molecule has 25 heavy (non-hydrogen) atoms. The number of hydrogen-bond acceptors (Lipinski definition) is 3. The Hall–Kier alpha value is -0.810. The van der Waals surface area contributed by atoms with Crippen molar-refractivity contribution in [3.05, 3.63) is 0 Å². The highest BCUT2D eigenvalue weighted by molar-refractivity contribution is 5.79. The lowest BCUT2D eigenvalue weighted by Crippen LogP contribution is -2.39. The lowest BCUT2D eigenvalue weighted by atomic mass is 10.1. The molecule has 0 saturated carbocycles. The van der Waals surface area contributed by atoms with Crippen molar-refractivity contribution >= 4 is 5.96 Å². The van der Waals surface area contributed by atoms with Crippen LogP contribution in [0.5, 0.6) is 0 Å². The molecule has 0 aromatic carbocycles. The number of aliphatic imine (C=N–C) groups is 1. The van der Waals surface area contributed by atoms with Crippen LogP contribution < -0.4 is 10.6 Å². The van der Waals surface area contributed by atoms with Gasteiger partial charge in [-0.2, -0.15) is 0 Å². The van der Waals surface area contributed by atoms with Crippen LogP contribution in [-0.4, -0.2) is 74.7 Å². The first kappa shape index (κ1) is 20.5. The second-order valence-corrected chi connectivity index (χ2v) is 7.71. The maximum atomic E-state index is 4.84. The monoisotopic (exact) mass is 351 g/mol. The van der Waals surface area contributed by atoms with E-state index in [0.717, 1.165) is 31.5 Å². The van der Waals surface area contributed by atoms with Gasteiger partial charge in [-0.3, -0.25) is 4.99 Å². The molecule has 0 aliphatic carbocycles. The van der Waals surface area contributed by atoms with Gasteiger partial charge in [0, 0.05) is 26.2 Å². The summed E-state index contributed by atoms with van der Waals surface area (Å²) in [6, 6.07) is 0. The van der Waals surface area contributed by atoms with Crippen molar-refractivity contribution in [2.75, 3.05) is 58.9 Å². The Bertz CT molecular complexity index is 363. The van der Waals surface area contributed by atoms with Crippen LogP contribution in [0.25, 0.3) is 0 Å². The predicted octanol–water partition coefficient (Wildman–Crippen LogP) is 2.54. The number of guanidine groups is 1. The number of nitrogens with zero attached hydrogens (tertiary/aromatic N) is 3. The Kier molecular flexibility index (Phi) is 10.3. The highest BCUT2D eigenvalue weighted by Crippen LogP contribution is 2.16. The minimum Gasteiger partial charge on any atom is -0.357 e. The molecule has 0 aromatic heterocycles. The molecule has 0 amide bonds. The Morgan fingerprint density at radius 3 is 2.48 bits per heavy atom. The molecule has 5 nitrogen and oxygen atoms in total. The first-order valence-corrected chi connectivity index (χ1v) is 10.8. The van der Waals surface area contributed by atoms with Gasteiger partial charge in [0.25, 0.3) is 0 Å². The van der Waals surface area contributed by atoms with Gasteiger partial charge in [-0.25, -0.2) is 0 Å². The lowest BCUT2D eigenvalue weighted by molar-refractivity contribution is 0.282. The third kappa shape index (κ3) is 8.41. The minimum atomic E-state index is 0.735. The second kappa shape index (κ2) is 12.5. The number of hydrogen-bond donors (Lipinski definition) is 2. The van der Waals surface area contributed by atoms with Gasteiger partial charge in [-0.15, -0.1) is 0 Å². The number of nitrogens with one attached hydrogen (secondary N) is 2. The predicted molar refractivity (Wildman–Crippen MR) is 108 cm³/mol. The lowest BCUT2D eigenvalue weighted by Gasteiger charge is -2.20. The summed E-state index contributed by atoms with van der Waals surface area (Å²) in [5.74, 6) is 1.74. The molecule has 146 valence electrons. The first-order valence-electron chi connectivity index (χ1n) is 10.8. The fourth-order valence-corrected chi connectivity index (χ4v) is 4.01. The number of likely N-dealkylation sites (tertiary alicyclic amines) is 2. The third-order valence-corrected chi connectivity index (χ3v) is 5.40. The summed E-state index contributed by atoms with van der Waals surface area (Å²) < 4.78 is 0. The van der Waals surface area contributed by atoms with E-state index in [2.05, 4.69) is 34.3 Å². The van der Waals surface area contributed by atoms with Crippen LogP contribution in [0.2, 0.25) is 0 Å². The Morgan fingerprint density at radius 1 is 0.960 bits per heavy atom. The van der Waals surface area contributed by atoms with Gasteiger partial charge in [-0.1, -0.05) is 19.8 Å². The molecule has 1 atom stereocenters. The van der Waals surface area contributed by atoms with Crippen molar-refractivity contribution < 1.29 is 0 Å². The zero-order valence-corrected chi connectivity index (χ0v) is 16.7. The highest BCUT2D eigenvalue weighted by Gasteiger charge is 2.21. The molecule has 0 bridgehead atoms. The van der Waals surface area contributed by atoms with E-state index in [0.29, 0.717) is 0 Å². The van der Waals surface area contributed by atoms with E-state index in [1.807, 2.05) is 0 Å². The molecular formula is C20H41N5. The number of rotatable bonds is 9. The summed E-state index contributed by atoms with van der Waals surface area (Å²) >= 11 is 0. The molecule has 2 aliphatic heterocycles. The van der Waals surface area contributed by atoms with Gasteiger partial charge in [0.15, 0.2) is 5.96 Å². The van der Waals surface area contributed by atoms with Crippen molar-refractivity contribution in [2.45, 2.75) is 58.8 Å². The zero-order valence-electron chi connectivity index (χ0n) is 16.7.